The van der Waals surface area contributed by atoms with Gasteiger partial charge in [0.25, 0.3) is 0 Å². The molecule has 0 aliphatic heterocycles. The maximum absolute atomic E-state index is 12.4. The predicted octanol–water partition coefficient (Wildman–Crippen LogP) is 4.59. The number of anilines is 1. The number of fused-ring (bicyclic) bond motifs is 1. The van der Waals surface area contributed by atoms with Crippen molar-refractivity contribution in [3.8, 4) is 5.75 Å². The van der Waals surface area contributed by atoms with E-state index in [4.69, 9.17) is 19.1 Å². The van der Waals surface area contributed by atoms with Gasteiger partial charge in [0.15, 0.2) is 0 Å². The lowest BCUT2D eigenvalue weighted by atomic mass is 10.1. The van der Waals surface area contributed by atoms with E-state index in [0.29, 0.717) is 21.2 Å². The van der Waals surface area contributed by atoms with Crippen LogP contribution in [0.15, 0.2) is 45.3 Å². The van der Waals surface area contributed by atoms with Gasteiger partial charge in [0, 0.05) is 5.39 Å². The maximum atomic E-state index is 12.4. The highest BCUT2D eigenvalue weighted by molar-refractivity contribution is 9.10. The SMILES string of the molecule is CCOC(=O)c1c(C)oc2cc(Br)c(OC(=O)c3ccc(N([O-])O)cc3)cc12. The predicted molar refractivity (Wildman–Crippen MR) is 104 cm³/mol. The fourth-order valence-corrected chi connectivity index (χ4v) is 3.04. The molecule has 8 nitrogen and oxygen atoms in total. The Labute approximate surface area is 167 Å². The molecule has 0 aliphatic carbocycles. The first-order valence-electron chi connectivity index (χ1n) is 8.20. The van der Waals surface area contributed by atoms with Gasteiger partial charge in [-0.1, -0.05) is 0 Å². The molecule has 3 rings (SSSR count). The van der Waals surface area contributed by atoms with Crippen LogP contribution in [0.2, 0.25) is 0 Å². The summed E-state index contributed by atoms with van der Waals surface area (Å²) in [4.78, 5) is 24.6. The van der Waals surface area contributed by atoms with Crippen molar-refractivity contribution in [3.63, 3.8) is 0 Å². The Morgan fingerprint density at radius 1 is 1.21 bits per heavy atom. The first-order valence-corrected chi connectivity index (χ1v) is 8.99. The van der Waals surface area contributed by atoms with E-state index in [1.165, 1.54) is 30.3 Å². The molecule has 0 spiro atoms. The van der Waals surface area contributed by atoms with Crippen LogP contribution < -0.4 is 9.96 Å². The molecule has 1 aromatic heterocycles. The normalized spacial score (nSPS) is 10.8. The summed E-state index contributed by atoms with van der Waals surface area (Å²) in [6.07, 6.45) is 0. The van der Waals surface area contributed by atoms with Crippen LogP contribution in [-0.4, -0.2) is 23.8 Å². The molecule has 146 valence electrons. The quantitative estimate of drug-likeness (QED) is 0.342. The van der Waals surface area contributed by atoms with Crippen molar-refractivity contribution in [2.75, 3.05) is 11.8 Å². The lowest BCUT2D eigenvalue weighted by Crippen LogP contribution is -2.11. The Morgan fingerprint density at radius 2 is 1.89 bits per heavy atom. The third-order valence-electron chi connectivity index (χ3n) is 3.92. The van der Waals surface area contributed by atoms with E-state index in [1.54, 1.807) is 19.9 Å². The zero-order valence-electron chi connectivity index (χ0n) is 14.9. The number of ether oxygens (including phenoxy) is 2. The minimum absolute atomic E-state index is 0.0212. The van der Waals surface area contributed by atoms with Crippen LogP contribution in [0.1, 0.15) is 33.4 Å². The van der Waals surface area contributed by atoms with E-state index < -0.39 is 11.9 Å². The summed E-state index contributed by atoms with van der Waals surface area (Å²) >= 11 is 3.32. The van der Waals surface area contributed by atoms with Crippen molar-refractivity contribution < 1.29 is 28.7 Å². The van der Waals surface area contributed by atoms with Crippen molar-refractivity contribution in [2.24, 2.45) is 0 Å². The van der Waals surface area contributed by atoms with Gasteiger partial charge in [-0.15, -0.1) is 0 Å². The van der Waals surface area contributed by atoms with E-state index in [-0.39, 0.29) is 34.4 Å². The Bertz CT molecular complexity index is 1040. The molecule has 0 saturated carbocycles. The summed E-state index contributed by atoms with van der Waals surface area (Å²) in [5.41, 5.74) is 0.859. The number of halogens is 1. The first-order chi connectivity index (χ1) is 13.3. The molecule has 0 bridgehead atoms. The van der Waals surface area contributed by atoms with Gasteiger partial charge in [-0.25, -0.2) is 9.59 Å². The number of hydrogen-bond acceptors (Lipinski definition) is 8. The summed E-state index contributed by atoms with van der Waals surface area (Å²) in [5, 5.41) is 19.8. The van der Waals surface area contributed by atoms with E-state index >= 15 is 0 Å². The molecule has 1 N–H and O–H groups in total. The lowest BCUT2D eigenvalue weighted by molar-refractivity contribution is 0.0526. The molecule has 0 aliphatic rings. The molecule has 28 heavy (non-hydrogen) atoms. The van der Waals surface area contributed by atoms with Crippen LogP contribution in [0.4, 0.5) is 5.69 Å². The molecule has 0 radical (unpaired) electrons. The third-order valence-corrected chi connectivity index (χ3v) is 4.54. The minimum Gasteiger partial charge on any atom is -0.733 e. The number of esters is 2. The molecule has 0 saturated heterocycles. The number of furan rings is 1. The second kappa shape index (κ2) is 8.01. The molecular formula is C19H15BrNO7-. The summed E-state index contributed by atoms with van der Waals surface area (Å²) in [6.45, 7) is 3.56. The highest BCUT2D eigenvalue weighted by Crippen LogP contribution is 2.35. The first kappa shape index (κ1) is 19.9. The smallest absolute Gasteiger partial charge is 0.343 e. The standard InChI is InChI=1S/C19H15BrNO7/c1-3-26-19(23)17-10(2)27-15-9-14(20)16(8-13(15)17)28-18(22)11-4-6-12(7-5-11)21(24)25/h4-9,24H,3H2,1-2H3/q-1. The van der Waals surface area contributed by atoms with E-state index in [2.05, 4.69) is 15.9 Å². The molecular weight excluding hydrogens is 434 g/mol. The monoisotopic (exact) mass is 448 g/mol. The summed E-state index contributed by atoms with van der Waals surface area (Å²) < 4.78 is 16.5. The minimum atomic E-state index is -0.681. The molecule has 0 unspecified atom stereocenters. The van der Waals surface area contributed by atoms with Crippen molar-refractivity contribution in [1.82, 2.24) is 0 Å². The van der Waals surface area contributed by atoms with Crippen molar-refractivity contribution in [1.29, 1.82) is 0 Å². The van der Waals surface area contributed by atoms with Crippen LogP contribution in [0.5, 0.6) is 5.75 Å². The highest BCUT2D eigenvalue weighted by Gasteiger charge is 2.22. The number of nitrogens with zero attached hydrogens (tertiary/aromatic N) is 1. The third kappa shape index (κ3) is 3.86. The van der Waals surface area contributed by atoms with Gasteiger partial charge < -0.3 is 24.3 Å². The topological polar surface area (TPSA) is 112 Å². The maximum Gasteiger partial charge on any atom is 0.343 e. The van der Waals surface area contributed by atoms with Gasteiger partial charge in [-0.2, -0.15) is 0 Å². The van der Waals surface area contributed by atoms with Crippen LogP contribution in [-0.2, 0) is 4.74 Å². The van der Waals surface area contributed by atoms with Crippen LogP contribution >= 0.6 is 15.9 Å². The van der Waals surface area contributed by atoms with Gasteiger partial charge in [0.2, 0.25) is 0 Å². The number of carbonyl (C=O) groups is 2. The molecule has 9 heteroatoms. The molecule has 2 aromatic carbocycles. The zero-order chi connectivity index (χ0) is 20.4. The number of aryl methyl sites for hydroxylation is 1. The molecule has 0 atom stereocenters. The van der Waals surface area contributed by atoms with Crippen molar-refractivity contribution >= 4 is 44.5 Å². The molecule has 0 amide bonds. The van der Waals surface area contributed by atoms with Gasteiger partial charge in [-0.05, 0) is 66.2 Å². The summed E-state index contributed by atoms with van der Waals surface area (Å²) in [6, 6.07) is 8.36. The van der Waals surface area contributed by atoms with Gasteiger partial charge in [-0.3, -0.25) is 5.21 Å². The van der Waals surface area contributed by atoms with Crippen LogP contribution in [0.3, 0.4) is 0 Å². The Morgan fingerprint density at radius 3 is 2.50 bits per heavy atom. The van der Waals surface area contributed by atoms with Gasteiger partial charge in [0.05, 0.1) is 22.3 Å². The Kier molecular flexibility index (Phi) is 5.68. The average molecular weight is 449 g/mol. The number of rotatable bonds is 5. The fourth-order valence-electron chi connectivity index (χ4n) is 2.64. The summed E-state index contributed by atoms with van der Waals surface area (Å²) in [7, 11) is 0. The van der Waals surface area contributed by atoms with Gasteiger partial charge >= 0.3 is 11.9 Å². The molecule has 1 heterocycles. The lowest BCUT2D eigenvalue weighted by Gasteiger charge is -2.21. The van der Waals surface area contributed by atoms with Crippen molar-refractivity contribution in [2.45, 2.75) is 13.8 Å². The second-order valence-electron chi connectivity index (χ2n) is 5.74. The van der Waals surface area contributed by atoms with Gasteiger partial charge in [0.1, 0.15) is 22.7 Å². The highest BCUT2D eigenvalue weighted by atomic mass is 79.9. The van der Waals surface area contributed by atoms with Crippen molar-refractivity contribution in [3.05, 3.63) is 63.0 Å². The average Bonchev–Trinajstić information content (AvgIpc) is 2.96. The Hall–Kier alpha value is -2.88. The largest absolute Gasteiger partial charge is 0.733 e. The van der Waals surface area contributed by atoms with E-state index in [9.17, 15) is 14.8 Å². The Balaban J connectivity index is 1.94. The molecule has 3 aromatic rings. The second-order valence-corrected chi connectivity index (χ2v) is 6.60. The zero-order valence-corrected chi connectivity index (χ0v) is 16.5. The van der Waals surface area contributed by atoms with Crippen LogP contribution in [0, 0.1) is 12.1 Å². The fraction of sp³-hybridized carbons (Fsp3) is 0.158. The number of hydrogen-bond donors (Lipinski definition) is 1. The molecule has 0 fully saturated rings. The summed E-state index contributed by atoms with van der Waals surface area (Å²) in [5.74, 6) is -0.633. The number of carbonyl (C=O) groups excluding carboxylic acids is 2. The number of benzene rings is 2. The van der Waals surface area contributed by atoms with Crippen LogP contribution in [0.25, 0.3) is 11.0 Å². The van der Waals surface area contributed by atoms with E-state index in [0.717, 1.165) is 0 Å². The van der Waals surface area contributed by atoms with E-state index in [1.807, 2.05) is 0 Å².